The Kier molecular flexibility index (Phi) is 4.22. The number of aliphatic carboxylic acids is 1. The summed E-state index contributed by atoms with van der Waals surface area (Å²) in [6.45, 7) is 2.44. The fraction of sp³-hybridized carbons (Fsp3) is 0.429. The summed E-state index contributed by atoms with van der Waals surface area (Å²) in [5, 5.41) is 11.6. The summed E-state index contributed by atoms with van der Waals surface area (Å²) in [6.07, 6.45) is 1.24. The van der Waals surface area contributed by atoms with Crippen LogP contribution in [0.1, 0.15) is 18.4 Å². The third kappa shape index (κ3) is 3.46. The minimum atomic E-state index is -0.885. The lowest BCUT2D eigenvalue weighted by atomic mass is 9.99. The van der Waals surface area contributed by atoms with E-state index in [-0.39, 0.29) is 12.6 Å². The monoisotopic (exact) mass is 280 g/mol. The van der Waals surface area contributed by atoms with Crippen LogP contribution < -0.4 is 5.32 Å². The van der Waals surface area contributed by atoms with E-state index in [1.165, 1.54) is 17.0 Å². The number of benzene rings is 1. The number of urea groups is 1. The molecule has 20 heavy (non-hydrogen) atoms. The summed E-state index contributed by atoms with van der Waals surface area (Å²) >= 11 is 0. The number of carbonyl (C=O) groups excluding carboxylic acids is 1. The summed E-state index contributed by atoms with van der Waals surface area (Å²) < 4.78 is 13.2. The molecule has 1 aromatic carbocycles. The quantitative estimate of drug-likeness (QED) is 0.874. The summed E-state index contributed by atoms with van der Waals surface area (Å²) in [6, 6.07) is 3.89. The highest BCUT2D eigenvalue weighted by Crippen LogP contribution is 2.19. The molecule has 1 aliphatic heterocycles. The Morgan fingerprint density at radius 1 is 1.40 bits per heavy atom. The van der Waals surface area contributed by atoms with Crippen molar-refractivity contribution in [3.8, 4) is 0 Å². The molecule has 6 heteroatoms. The van der Waals surface area contributed by atoms with Crippen molar-refractivity contribution in [3.63, 3.8) is 0 Å². The molecular formula is C14H17FN2O3. The van der Waals surface area contributed by atoms with Crippen molar-refractivity contribution in [1.29, 1.82) is 0 Å². The second-order valence-electron chi connectivity index (χ2n) is 5.07. The molecule has 1 aromatic rings. The maximum absolute atomic E-state index is 13.2. The molecule has 2 N–H and O–H groups in total. The zero-order chi connectivity index (χ0) is 14.7. The number of aryl methyl sites for hydroxylation is 1. The fourth-order valence-corrected chi connectivity index (χ4v) is 2.37. The Balaban J connectivity index is 2.02. The van der Waals surface area contributed by atoms with Crippen molar-refractivity contribution in [2.24, 2.45) is 5.92 Å². The lowest BCUT2D eigenvalue weighted by Gasteiger charge is -2.30. The second-order valence-corrected chi connectivity index (χ2v) is 5.07. The van der Waals surface area contributed by atoms with Crippen LogP contribution in [0.2, 0.25) is 0 Å². The van der Waals surface area contributed by atoms with Crippen molar-refractivity contribution >= 4 is 17.7 Å². The molecule has 108 valence electrons. The first kappa shape index (κ1) is 14.3. The van der Waals surface area contributed by atoms with Crippen LogP contribution in [0.4, 0.5) is 14.9 Å². The lowest BCUT2D eigenvalue weighted by molar-refractivity contribution is -0.143. The van der Waals surface area contributed by atoms with Crippen LogP contribution in [0.3, 0.4) is 0 Å². The molecule has 0 saturated carbocycles. The van der Waals surface area contributed by atoms with Crippen molar-refractivity contribution in [3.05, 3.63) is 29.6 Å². The predicted octanol–water partition coefficient (Wildman–Crippen LogP) is 2.46. The molecule has 0 aromatic heterocycles. The van der Waals surface area contributed by atoms with Gasteiger partial charge in [-0.3, -0.25) is 4.79 Å². The topological polar surface area (TPSA) is 69.6 Å². The maximum Gasteiger partial charge on any atom is 0.321 e. The molecular weight excluding hydrogens is 263 g/mol. The number of rotatable bonds is 2. The van der Waals surface area contributed by atoms with E-state index in [0.717, 1.165) is 0 Å². The van der Waals surface area contributed by atoms with Gasteiger partial charge in [0.15, 0.2) is 0 Å². The van der Waals surface area contributed by atoms with Gasteiger partial charge in [0, 0.05) is 18.8 Å². The van der Waals surface area contributed by atoms with E-state index in [2.05, 4.69) is 5.32 Å². The Bertz CT molecular complexity index is 513. The van der Waals surface area contributed by atoms with E-state index in [4.69, 9.17) is 5.11 Å². The van der Waals surface area contributed by atoms with Gasteiger partial charge < -0.3 is 15.3 Å². The van der Waals surface area contributed by atoms with Crippen molar-refractivity contribution in [2.75, 3.05) is 18.4 Å². The molecule has 5 nitrogen and oxygen atoms in total. The number of halogens is 1. The van der Waals surface area contributed by atoms with Crippen molar-refractivity contribution < 1.29 is 19.1 Å². The summed E-state index contributed by atoms with van der Waals surface area (Å²) in [4.78, 5) is 24.5. The van der Waals surface area contributed by atoms with Crippen LogP contribution in [-0.2, 0) is 4.79 Å². The highest BCUT2D eigenvalue weighted by Gasteiger charge is 2.28. The van der Waals surface area contributed by atoms with E-state index >= 15 is 0 Å². The number of anilines is 1. The van der Waals surface area contributed by atoms with Crippen LogP contribution in [0.15, 0.2) is 18.2 Å². The molecule has 2 amide bonds. The smallest absolute Gasteiger partial charge is 0.321 e. The van der Waals surface area contributed by atoms with Gasteiger partial charge in [-0.2, -0.15) is 0 Å². The molecule has 2 rings (SSSR count). The molecule has 1 atom stereocenters. The Labute approximate surface area is 116 Å². The molecule has 0 spiro atoms. The third-order valence-corrected chi connectivity index (χ3v) is 3.35. The minimum absolute atomic E-state index is 0.190. The molecule has 0 unspecified atom stereocenters. The SMILES string of the molecule is Cc1cc(F)cc(NC(=O)N2CCC[C@H](C(=O)O)C2)c1. The van der Waals surface area contributed by atoms with Gasteiger partial charge in [0.25, 0.3) is 0 Å². The molecule has 1 aliphatic rings. The minimum Gasteiger partial charge on any atom is -0.481 e. The standard InChI is InChI=1S/C14H17FN2O3/c1-9-5-11(15)7-12(6-9)16-14(20)17-4-2-3-10(8-17)13(18)19/h5-7,10H,2-4,8H2,1H3,(H,16,20)(H,18,19)/t10-/m0/s1. The predicted molar refractivity (Wildman–Crippen MR) is 72.1 cm³/mol. The number of amides is 2. The van der Waals surface area contributed by atoms with Crippen LogP contribution in [0.25, 0.3) is 0 Å². The van der Waals surface area contributed by atoms with Crippen LogP contribution in [-0.4, -0.2) is 35.1 Å². The Morgan fingerprint density at radius 2 is 2.15 bits per heavy atom. The van der Waals surface area contributed by atoms with Gasteiger partial charge in [0.1, 0.15) is 5.82 Å². The van der Waals surface area contributed by atoms with Crippen molar-refractivity contribution in [1.82, 2.24) is 4.90 Å². The summed E-state index contributed by atoms with van der Waals surface area (Å²) in [7, 11) is 0. The van der Waals surface area contributed by atoms with E-state index in [9.17, 15) is 14.0 Å². The molecule has 0 aliphatic carbocycles. The highest BCUT2D eigenvalue weighted by molar-refractivity contribution is 5.89. The van der Waals surface area contributed by atoms with Crippen LogP contribution in [0, 0.1) is 18.7 Å². The highest BCUT2D eigenvalue weighted by atomic mass is 19.1. The lowest BCUT2D eigenvalue weighted by Crippen LogP contribution is -2.44. The van der Waals surface area contributed by atoms with Gasteiger partial charge in [-0.1, -0.05) is 0 Å². The number of carboxylic acids is 1. The molecule has 1 fully saturated rings. The molecule has 1 saturated heterocycles. The van der Waals surface area contributed by atoms with Gasteiger partial charge in [0.05, 0.1) is 5.92 Å². The van der Waals surface area contributed by atoms with E-state index in [1.54, 1.807) is 13.0 Å². The maximum atomic E-state index is 13.2. The average molecular weight is 280 g/mol. The van der Waals surface area contributed by atoms with E-state index < -0.39 is 17.7 Å². The van der Waals surface area contributed by atoms with Gasteiger partial charge >= 0.3 is 12.0 Å². The second kappa shape index (κ2) is 5.90. The Morgan fingerprint density at radius 3 is 2.80 bits per heavy atom. The normalized spacial score (nSPS) is 18.7. The zero-order valence-corrected chi connectivity index (χ0v) is 11.2. The molecule has 0 radical (unpaired) electrons. The van der Waals surface area contributed by atoms with E-state index in [0.29, 0.717) is 30.6 Å². The number of carboxylic acid groups (broad SMARTS) is 1. The molecule has 0 bridgehead atoms. The number of carbonyl (C=O) groups is 2. The van der Waals surface area contributed by atoms with Gasteiger partial charge in [-0.15, -0.1) is 0 Å². The third-order valence-electron chi connectivity index (χ3n) is 3.35. The first-order chi connectivity index (χ1) is 9.45. The number of piperidine rings is 1. The van der Waals surface area contributed by atoms with Gasteiger partial charge in [-0.05, 0) is 43.5 Å². The zero-order valence-electron chi connectivity index (χ0n) is 11.2. The van der Waals surface area contributed by atoms with E-state index in [1.807, 2.05) is 0 Å². The van der Waals surface area contributed by atoms with Crippen LogP contribution >= 0.6 is 0 Å². The summed E-state index contributed by atoms with van der Waals surface area (Å²) in [5.74, 6) is -1.82. The first-order valence-corrected chi connectivity index (χ1v) is 6.51. The Hall–Kier alpha value is -2.11. The largest absolute Gasteiger partial charge is 0.481 e. The van der Waals surface area contributed by atoms with Gasteiger partial charge in [-0.25, -0.2) is 9.18 Å². The number of hydrogen-bond acceptors (Lipinski definition) is 2. The molecule has 1 heterocycles. The number of likely N-dealkylation sites (tertiary alicyclic amines) is 1. The van der Waals surface area contributed by atoms with Crippen molar-refractivity contribution in [2.45, 2.75) is 19.8 Å². The number of nitrogens with zero attached hydrogens (tertiary/aromatic N) is 1. The number of hydrogen-bond donors (Lipinski definition) is 2. The average Bonchev–Trinajstić information content (AvgIpc) is 2.37. The van der Waals surface area contributed by atoms with Crippen LogP contribution in [0.5, 0.6) is 0 Å². The first-order valence-electron chi connectivity index (χ1n) is 6.51. The van der Waals surface area contributed by atoms with Gasteiger partial charge in [0.2, 0.25) is 0 Å². The number of nitrogens with one attached hydrogen (secondary N) is 1. The summed E-state index contributed by atoms with van der Waals surface area (Å²) in [5.41, 5.74) is 1.09. The fourth-order valence-electron chi connectivity index (χ4n) is 2.37.